The van der Waals surface area contributed by atoms with Crippen LogP contribution >= 0.6 is 0 Å². The van der Waals surface area contributed by atoms with Gasteiger partial charge in [0.15, 0.2) is 0 Å². The van der Waals surface area contributed by atoms with Crippen LogP contribution in [0.1, 0.15) is 36.5 Å². The molecule has 0 radical (unpaired) electrons. The number of rotatable bonds is 5. The van der Waals surface area contributed by atoms with Crippen molar-refractivity contribution in [3.05, 3.63) is 54.1 Å². The highest BCUT2D eigenvalue weighted by atomic mass is 32.2. The summed E-state index contributed by atoms with van der Waals surface area (Å²) in [6.07, 6.45) is 2.70. The number of primary sulfonamides is 1. The van der Waals surface area contributed by atoms with E-state index in [2.05, 4.69) is 5.32 Å². The van der Waals surface area contributed by atoms with Gasteiger partial charge in [-0.15, -0.1) is 0 Å². The Morgan fingerprint density at radius 2 is 1.55 bits per heavy atom. The standard InChI is InChI=1S/C19H23N3O5S2/c1-14-4-2-3-13-22(14)29(26,27)18-9-5-15(6-10-18)19(23)21-16-7-11-17(12-8-16)28(20,24)25/h5-12,14H,2-4,13H2,1H3,(H,21,23)(H2,20,24,25). The Balaban J connectivity index is 1.73. The number of amides is 1. The quantitative estimate of drug-likeness (QED) is 0.741. The van der Waals surface area contributed by atoms with Crippen molar-refractivity contribution in [3.8, 4) is 0 Å². The molecule has 29 heavy (non-hydrogen) atoms. The summed E-state index contributed by atoms with van der Waals surface area (Å²) in [5.41, 5.74) is 0.674. The van der Waals surface area contributed by atoms with Crippen LogP contribution in [-0.4, -0.2) is 39.6 Å². The average Bonchev–Trinajstić information content (AvgIpc) is 2.68. The number of nitrogens with two attached hydrogens (primary N) is 1. The number of nitrogens with one attached hydrogen (secondary N) is 1. The number of sulfonamides is 2. The zero-order valence-corrected chi connectivity index (χ0v) is 17.5. The Morgan fingerprint density at radius 3 is 2.10 bits per heavy atom. The maximum absolute atomic E-state index is 12.8. The molecule has 1 fully saturated rings. The molecule has 0 aromatic heterocycles. The number of hydrogen-bond acceptors (Lipinski definition) is 5. The van der Waals surface area contributed by atoms with Gasteiger partial charge in [0, 0.05) is 23.8 Å². The molecule has 2 aromatic rings. The number of piperidine rings is 1. The Hall–Kier alpha value is -2.27. The monoisotopic (exact) mass is 437 g/mol. The lowest BCUT2D eigenvalue weighted by Crippen LogP contribution is -2.41. The van der Waals surface area contributed by atoms with E-state index in [1.54, 1.807) is 0 Å². The molecule has 10 heteroatoms. The predicted molar refractivity (Wildman–Crippen MR) is 109 cm³/mol. The van der Waals surface area contributed by atoms with Crippen LogP contribution in [0, 0.1) is 0 Å². The Labute approximate surface area is 170 Å². The van der Waals surface area contributed by atoms with Gasteiger partial charge in [-0.2, -0.15) is 4.31 Å². The van der Waals surface area contributed by atoms with E-state index in [4.69, 9.17) is 5.14 Å². The van der Waals surface area contributed by atoms with E-state index in [9.17, 15) is 21.6 Å². The highest BCUT2D eigenvalue weighted by molar-refractivity contribution is 7.89. The van der Waals surface area contributed by atoms with Crippen molar-refractivity contribution in [2.24, 2.45) is 5.14 Å². The molecule has 0 aliphatic carbocycles. The third-order valence-electron chi connectivity index (χ3n) is 4.91. The number of anilines is 1. The normalized spacial score (nSPS) is 18.3. The first-order valence-corrected chi connectivity index (χ1v) is 12.1. The summed E-state index contributed by atoms with van der Waals surface area (Å²) in [6.45, 7) is 2.40. The van der Waals surface area contributed by atoms with Gasteiger partial charge in [-0.25, -0.2) is 22.0 Å². The highest BCUT2D eigenvalue weighted by Crippen LogP contribution is 2.25. The Morgan fingerprint density at radius 1 is 0.966 bits per heavy atom. The van der Waals surface area contributed by atoms with Crippen molar-refractivity contribution in [2.45, 2.75) is 42.0 Å². The molecule has 156 valence electrons. The SMILES string of the molecule is CC1CCCCN1S(=O)(=O)c1ccc(C(=O)Nc2ccc(S(N)(=O)=O)cc2)cc1. The smallest absolute Gasteiger partial charge is 0.255 e. The maximum atomic E-state index is 12.8. The molecular formula is C19H23N3O5S2. The number of benzene rings is 2. The number of carbonyl (C=O) groups is 1. The van der Waals surface area contributed by atoms with E-state index in [1.165, 1.54) is 52.8 Å². The predicted octanol–water partition coefficient (Wildman–Crippen LogP) is 2.15. The van der Waals surface area contributed by atoms with Crippen molar-refractivity contribution >= 4 is 31.6 Å². The minimum Gasteiger partial charge on any atom is -0.322 e. The molecular weight excluding hydrogens is 414 g/mol. The molecule has 3 rings (SSSR count). The molecule has 8 nitrogen and oxygen atoms in total. The summed E-state index contributed by atoms with van der Waals surface area (Å²) < 4.78 is 49.8. The van der Waals surface area contributed by atoms with Crippen molar-refractivity contribution in [3.63, 3.8) is 0 Å². The molecule has 0 saturated carbocycles. The second-order valence-corrected chi connectivity index (χ2v) is 10.5. The first-order valence-electron chi connectivity index (χ1n) is 9.15. The van der Waals surface area contributed by atoms with E-state index in [0.717, 1.165) is 19.3 Å². The van der Waals surface area contributed by atoms with Gasteiger partial charge in [-0.1, -0.05) is 6.42 Å². The molecule has 1 atom stereocenters. The van der Waals surface area contributed by atoms with Crippen LogP contribution in [0.15, 0.2) is 58.3 Å². The van der Waals surface area contributed by atoms with E-state index in [1.807, 2.05) is 6.92 Å². The van der Waals surface area contributed by atoms with Crippen LogP contribution in [0.25, 0.3) is 0 Å². The summed E-state index contributed by atoms with van der Waals surface area (Å²) in [5, 5.41) is 7.67. The van der Waals surface area contributed by atoms with Crippen LogP contribution in [-0.2, 0) is 20.0 Å². The van der Waals surface area contributed by atoms with Crippen molar-refractivity contribution in [1.82, 2.24) is 4.31 Å². The van der Waals surface area contributed by atoms with Gasteiger partial charge in [-0.05, 0) is 68.3 Å². The number of nitrogens with zero attached hydrogens (tertiary/aromatic N) is 1. The molecule has 3 N–H and O–H groups in total. The summed E-state index contributed by atoms with van der Waals surface area (Å²) >= 11 is 0. The van der Waals surface area contributed by atoms with Crippen LogP contribution in [0.4, 0.5) is 5.69 Å². The topological polar surface area (TPSA) is 127 Å². The third kappa shape index (κ3) is 4.84. The van der Waals surface area contributed by atoms with Crippen molar-refractivity contribution in [1.29, 1.82) is 0 Å². The zero-order chi connectivity index (χ0) is 21.2. The van der Waals surface area contributed by atoms with E-state index in [0.29, 0.717) is 12.2 Å². The molecule has 2 aromatic carbocycles. The summed E-state index contributed by atoms with van der Waals surface area (Å²) in [6, 6.07) is 11.1. The van der Waals surface area contributed by atoms with Gasteiger partial charge >= 0.3 is 0 Å². The molecule has 1 aliphatic rings. The summed E-state index contributed by atoms with van der Waals surface area (Å²) in [4.78, 5) is 12.5. The summed E-state index contributed by atoms with van der Waals surface area (Å²) in [5.74, 6) is -0.441. The van der Waals surface area contributed by atoms with Crippen molar-refractivity contribution < 1.29 is 21.6 Å². The zero-order valence-electron chi connectivity index (χ0n) is 15.9. The molecule has 0 bridgehead atoms. The fourth-order valence-corrected chi connectivity index (χ4v) is 5.49. The van der Waals surface area contributed by atoms with Gasteiger partial charge in [-0.3, -0.25) is 4.79 Å². The van der Waals surface area contributed by atoms with E-state index in [-0.39, 0.29) is 21.4 Å². The average molecular weight is 438 g/mol. The fourth-order valence-electron chi connectivity index (χ4n) is 3.27. The van der Waals surface area contributed by atoms with Gasteiger partial charge in [0.2, 0.25) is 20.0 Å². The Bertz CT molecular complexity index is 1100. The third-order valence-corrected chi connectivity index (χ3v) is 7.86. The van der Waals surface area contributed by atoms with E-state index >= 15 is 0 Å². The molecule has 1 unspecified atom stereocenters. The van der Waals surface area contributed by atoms with Crippen LogP contribution in [0.5, 0.6) is 0 Å². The van der Waals surface area contributed by atoms with E-state index < -0.39 is 26.0 Å². The minimum absolute atomic E-state index is 0.0444. The van der Waals surface area contributed by atoms with Crippen LogP contribution in [0.3, 0.4) is 0 Å². The van der Waals surface area contributed by atoms with Gasteiger partial charge < -0.3 is 5.32 Å². The lowest BCUT2D eigenvalue weighted by atomic mass is 10.1. The molecule has 1 saturated heterocycles. The summed E-state index contributed by atoms with van der Waals surface area (Å²) in [7, 11) is -7.40. The van der Waals surface area contributed by atoms with Crippen molar-refractivity contribution in [2.75, 3.05) is 11.9 Å². The fraction of sp³-hybridized carbons (Fsp3) is 0.316. The Kier molecular flexibility index (Phi) is 6.08. The first kappa shape index (κ1) is 21.4. The molecule has 0 spiro atoms. The second kappa shape index (κ2) is 8.23. The van der Waals surface area contributed by atoms with Crippen LogP contribution in [0.2, 0.25) is 0 Å². The van der Waals surface area contributed by atoms with Gasteiger partial charge in [0.1, 0.15) is 0 Å². The first-order chi connectivity index (χ1) is 13.6. The second-order valence-electron chi connectivity index (χ2n) is 7.01. The lowest BCUT2D eigenvalue weighted by molar-refractivity contribution is 0.102. The molecule has 1 amide bonds. The number of hydrogen-bond donors (Lipinski definition) is 2. The largest absolute Gasteiger partial charge is 0.322 e. The van der Waals surface area contributed by atoms with Gasteiger partial charge in [0.25, 0.3) is 5.91 Å². The van der Waals surface area contributed by atoms with Gasteiger partial charge in [0.05, 0.1) is 9.79 Å². The highest BCUT2D eigenvalue weighted by Gasteiger charge is 2.30. The lowest BCUT2D eigenvalue weighted by Gasteiger charge is -2.32. The molecule has 1 heterocycles. The van der Waals surface area contributed by atoms with Crippen LogP contribution < -0.4 is 10.5 Å². The molecule has 1 aliphatic heterocycles. The maximum Gasteiger partial charge on any atom is 0.255 e. The number of carbonyl (C=O) groups excluding carboxylic acids is 1. The minimum atomic E-state index is -3.81.